The van der Waals surface area contributed by atoms with Crippen molar-refractivity contribution < 1.29 is 4.79 Å². The van der Waals surface area contributed by atoms with E-state index in [0.717, 1.165) is 14.8 Å². The molecule has 108 valence electrons. The largest absolute Gasteiger partial charge is 0.317 e. The maximum Gasteiger partial charge on any atom is 0.257 e. The molecule has 0 saturated heterocycles. The van der Waals surface area contributed by atoms with Crippen molar-refractivity contribution in [2.75, 3.05) is 5.32 Å². The fourth-order valence-electron chi connectivity index (χ4n) is 1.64. The van der Waals surface area contributed by atoms with Crippen LogP contribution in [0.25, 0.3) is 0 Å². The van der Waals surface area contributed by atoms with Gasteiger partial charge in [0.1, 0.15) is 5.82 Å². The molecule has 6 heteroatoms. The molecule has 0 atom stereocenters. The van der Waals surface area contributed by atoms with E-state index in [1.807, 2.05) is 38.1 Å². The topological polar surface area (TPSA) is 54.0 Å². The molecule has 0 unspecified atom stereocenters. The molecule has 1 aromatic heterocycles. The summed E-state index contributed by atoms with van der Waals surface area (Å²) in [5.74, 6) is 0.372. The van der Waals surface area contributed by atoms with Crippen LogP contribution in [0.2, 0.25) is 0 Å². The van der Waals surface area contributed by atoms with E-state index >= 15 is 0 Å². The average Bonchev–Trinajstić information content (AvgIpc) is 2.43. The highest BCUT2D eigenvalue weighted by Gasteiger charge is 2.08. The Morgan fingerprint density at radius 3 is 2.43 bits per heavy atom. The van der Waals surface area contributed by atoms with Crippen LogP contribution in [-0.2, 0) is 0 Å². The molecular weight excluding hydrogens is 397 g/mol. The van der Waals surface area contributed by atoms with Gasteiger partial charge in [-0.15, -0.1) is 0 Å². The van der Waals surface area contributed by atoms with E-state index in [2.05, 4.69) is 38.2 Å². The first kappa shape index (κ1) is 15.8. The van der Waals surface area contributed by atoms with Gasteiger partial charge >= 0.3 is 0 Å². The summed E-state index contributed by atoms with van der Waals surface area (Å²) in [7, 11) is 0. The number of nitrogens with one attached hydrogen (secondary N) is 2. The summed E-state index contributed by atoms with van der Waals surface area (Å²) >= 11 is 7.34. The van der Waals surface area contributed by atoms with Crippen molar-refractivity contribution in [1.29, 1.82) is 0 Å². The van der Waals surface area contributed by atoms with E-state index in [9.17, 15) is 4.79 Å². The van der Waals surface area contributed by atoms with E-state index in [1.165, 1.54) is 0 Å². The van der Waals surface area contributed by atoms with Crippen LogP contribution in [0.3, 0.4) is 0 Å². The average molecular weight is 411 g/mol. The zero-order chi connectivity index (χ0) is 15.4. The Hall–Kier alpha value is -1.54. The lowest BCUT2D eigenvalue weighted by Gasteiger charge is -2.10. The lowest BCUT2D eigenvalue weighted by Crippen LogP contribution is -2.34. The Morgan fingerprint density at radius 2 is 1.81 bits per heavy atom. The van der Waals surface area contributed by atoms with Crippen molar-refractivity contribution >= 4 is 51.6 Å². The highest BCUT2D eigenvalue weighted by atomic mass is 127. The monoisotopic (exact) mass is 411 g/mol. The molecule has 0 aliphatic heterocycles. The number of thiocarbonyl (C=S) groups is 1. The minimum Gasteiger partial charge on any atom is -0.317 e. The number of hydrogen-bond acceptors (Lipinski definition) is 3. The molecule has 1 heterocycles. The second-order valence-electron chi connectivity index (χ2n) is 4.54. The molecule has 21 heavy (non-hydrogen) atoms. The Morgan fingerprint density at radius 1 is 1.14 bits per heavy atom. The smallest absolute Gasteiger partial charge is 0.257 e. The van der Waals surface area contributed by atoms with E-state index in [1.54, 1.807) is 12.1 Å². The lowest BCUT2D eigenvalue weighted by molar-refractivity contribution is 0.0978. The summed E-state index contributed by atoms with van der Waals surface area (Å²) in [5, 5.41) is 5.78. The number of amides is 1. The summed E-state index contributed by atoms with van der Waals surface area (Å²) in [5.41, 5.74) is 2.58. The van der Waals surface area contributed by atoms with Crippen molar-refractivity contribution in [2.24, 2.45) is 0 Å². The number of benzene rings is 1. The number of hydrogen-bond donors (Lipinski definition) is 2. The highest BCUT2D eigenvalue weighted by molar-refractivity contribution is 14.1. The molecule has 0 aliphatic carbocycles. The zero-order valence-electron chi connectivity index (χ0n) is 11.6. The molecule has 1 amide bonds. The number of carbonyl (C=O) groups is 1. The number of anilines is 1. The van der Waals surface area contributed by atoms with Crippen molar-refractivity contribution in [1.82, 2.24) is 10.3 Å². The first-order valence-electron chi connectivity index (χ1n) is 6.28. The van der Waals surface area contributed by atoms with Gasteiger partial charge in [0, 0.05) is 9.13 Å². The van der Waals surface area contributed by atoms with Gasteiger partial charge in [0.2, 0.25) is 0 Å². The standard InChI is InChI=1S/C15H14IN3OS/c1-9-3-5-11(6-4-9)14(20)19-15(21)18-13-8-7-12(16)10(2)17-13/h3-8H,1-2H3,(H2,17,18,19,20,21). The zero-order valence-corrected chi connectivity index (χ0v) is 14.6. The minimum absolute atomic E-state index is 0.230. The van der Waals surface area contributed by atoms with Crippen LogP contribution in [0.5, 0.6) is 0 Å². The summed E-state index contributed by atoms with van der Waals surface area (Å²) in [6.07, 6.45) is 0. The first-order chi connectivity index (χ1) is 9.95. The number of pyridine rings is 1. The van der Waals surface area contributed by atoms with Crippen LogP contribution in [0.4, 0.5) is 5.82 Å². The molecule has 0 bridgehead atoms. The van der Waals surface area contributed by atoms with E-state index in [-0.39, 0.29) is 11.0 Å². The Balaban J connectivity index is 1.99. The second-order valence-corrected chi connectivity index (χ2v) is 6.11. The predicted octanol–water partition coefficient (Wildman–Crippen LogP) is 3.43. The number of carbonyl (C=O) groups excluding carboxylic acids is 1. The van der Waals surface area contributed by atoms with Gasteiger partial charge in [-0.1, -0.05) is 17.7 Å². The van der Waals surface area contributed by atoms with Crippen molar-refractivity contribution in [2.45, 2.75) is 13.8 Å². The van der Waals surface area contributed by atoms with E-state index in [0.29, 0.717) is 11.4 Å². The number of nitrogens with zero attached hydrogens (tertiary/aromatic N) is 1. The van der Waals surface area contributed by atoms with Crippen molar-refractivity contribution in [3.05, 3.63) is 56.8 Å². The maximum atomic E-state index is 12.0. The molecule has 4 nitrogen and oxygen atoms in total. The summed E-state index contributed by atoms with van der Waals surface area (Å²) in [4.78, 5) is 16.4. The third kappa shape index (κ3) is 4.47. The van der Waals surface area contributed by atoms with Gasteiger partial charge in [-0.3, -0.25) is 10.1 Å². The molecular formula is C15H14IN3OS. The van der Waals surface area contributed by atoms with E-state index in [4.69, 9.17) is 12.2 Å². The normalized spacial score (nSPS) is 10.0. The van der Waals surface area contributed by atoms with Gasteiger partial charge in [0.25, 0.3) is 5.91 Å². The molecule has 1 aromatic carbocycles. The number of halogens is 1. The molecule has 2 rings (SSSR count). The molecule has 2 N–H and O–H groups in total. The predicted molar refractivity (Wildman–Crippen MR) is 96.6 cm³/mol. The van der Waals surface area contributed by atoms with Crippen molar-refractivity contribution in [3.63, 3.8) is 0 Å². The molecule has 0 radical (unpaired) electrons. The molecule has 0 saturated carbocycles. The van der Waals surface area contributed by atoms with Gasteiger partial charge in [-0.2, -0.15) is 0 Å². The lowest BCUT2D eigenvalue weighted by atomic mass is 10.1. The van der Waals surface area contributed by atoms with Crippen molar-refractivity contribution in [3.8, 4) is 0 Å². The molecule has 0 fully saturated rings. The van der Waals surface area contributed by atoms with Crippen LogP contribution < -0.4 is 10.6 Å². The fraction of sp³-hybridized carbons (Fsp3) is 0.133. The summed E-state index contributed by atoms with van der Waals surface area (Å²) < 4.78 is 1.08. The Kier molecular flexibility index (Phi) is 5.24. The fourth-order valence-corrected chi connectivity index (χ4v) is 2.14. The number of rotatable bonds is 2. The van der Waals surface area contributed by atoms with Crippen LogP contribution in [0, 0.1) is 17.4 Å². The molecule has 0 aliphatic rings. The molecule has 2 aromatic rings. The first-order valence-corrected chi connectivity index (χ1v) is 7.76. The summed E-state index contributed by atoms with van der Waals surface area (Å²) in [6, 6.07) is 11.1. The maximum absolute atomic E-state index is 12.0. The van der Waals surface area contributed by atoms with Gasteiger partial charge < -0.3 is 5.32 Å². The third-order valence-electron chi connectivity index (χ3n) is 2.80. The van der Waals surface area contributed by atoms with Crippen LogP contribution in [-0.4, -0.2) is 16.0 Å². The van der Waals surface area contributed by atoms with Gasteiger partial charge in [0.05, 0.1) is 5.69 Å². The number of aromatic nitrogens is 1. The minimum atomic E-state index is -0.241. The van der Waals surface area contributed by atoms with Gasteiger partial charge in [-0.25, -0.2) is 4.98 Å². The Labute approximate surface area is 142 Å². The van der Waals surface area contributed by atoms with E-state index < -0.39 is 0 Å². The SMILES string of the molecule is Cc1ccc(C(=O)NC(=S)Nc2ccc(I)c(C)n2)cc1. The van der Waals surface area contributed by atoms with Crippen LogP contribution in [0.1, 0.15) is 21.6 Å². The van der Waals surface area contributed by atoms with Crippen LogP contribution >= 0.6 is 34.8 Å². The summed E-state index contributed by atoms with van der Waals surface area (Å²) in [6.45, 7) is 3.89. The number of aryl methyl sites for hydroxylation is 2. The van der Waals surface area contributed by atoms with Gasteiger partial charge in [0.15, 0.2) is 5.11 Å². The third-order valence-corrected chi connectivity index (χ3v) is 4.15. The Bertz CT molecular complexity index is 686. The molecule has 0 spiro atoms. The quantitative estimate of drug-likeness (QED) is 0.588. The van der Waals surface area contributed by atoms with Gasteiger partial charge in [-0.05, 0) is 72.9 Å². The highest BCUT2D eigenvalue weighted by Crippen LogP contribution is 2.12. The van der Waals surface area contributed by atoms with Crippen LogP contribution in [0.15, 0.2) is 36.4 Å². The second kappa shape index (κ2) is 6.95.